The summed E-state index contributed by atoms with van der Waals surface area (Å²) in [5, 5.41) is 10.4. The average Bonchev–Trinajstić information content (AvgIpc) is 2.71. The zero-order valence-electron chi connectivity index (χ0n) is 12.9. The Morgan fingerprint density at radius 1 is 1.35 bits per heavy atom. The first-order valence-electron chi connectivity index (χ1n) is 7.41. The molecule has 3 heteroatoms. The summed E-state index contributed by atoms with van der Waals surface area (Å²) in [6.07, 6.45) is 0.0301. The van der Waals surface area contributed by atoms with Crippen LogP contribution in [0, 0.1) is 25.7 Å². The van der Waals surface area contributed by atoms with E-state index in [4.69, 9.17) is 0 Å². The lowest BCUT2D eigenvalue weighted by atomic mass is 9.95. The maximum atomic E-state index is 12.0. The van der Waals surface area contributed by atoms with Crippen molar-refractivity contribution in [2.75, 3.05) is 13.1 Å². The van der Waals surface area contributed by atoms with Crippen LogP contribution in [0.4, 0.5) is 0 Å². The van der Waals surface area contributed by atoms with E-state index in [1.54, 1.807) is 0 Å². The Hall–Kier alpha value is -1.35. The fourth-order valence-corrected chi connectivity index (χ4v) is 2.93. The smallest absolute Gasteiger partial charge is 0.223 e. The molecular weight excluding hydrogens is 250 g/mol. The van der Waals surface area contributed by atoms with Gasteiger partial charge < -0.3 is 10.0 Å². The second-order valence-electron chi connectivity index (χ2n) is 6.38. The molecule has 1 saturated heterocycles. The van der Waals surface area contributed by atoms with Gasteiger partial charge in [0.15, 0.2) is 0 Å². The van der Waals surface area contributed by atoms with Gasteiger partial charge in [-0.2, -0.15) is 0 Å². The molecule has 1 aromatic rings. The van der Waals surface area contributed by atoms with Crippen molar-refractivity contribution < 1.29 is 9.90 Å². The molecule has 1 aromatic carbocycles. The zero-order chi connectivity index (χ0) is 14.9. The molecule has 1 aliphatic rings. The van der Waals surface area contributed by atoms with Crippen LogP contribution in [-0.2, 0) is 4.79 Å². The highest BCUT2D eigenvalue weighted by atomic mass is 16.3. The number of carbonyl (C=O) groups excluding carboxylic acids is 1. The number of carbonyl (C=O) groups is 1. The van der Waals surface area contributed by atoms with E-state index < -0.39 is 6.10 Å². The number of likely N-dealkylation sites (tertiary alicyclic amines) is 1. The predicted octanol–water partition coefficient (Wildman–Crippen LogP) is 2.84. The van der Waals surface area contributed by atoms with Crippen molar-refractivity contribution >= 4 is 5.91 Å². The van der Waals surface area contributed by atoms with Crippen molar-refractivity contribution in [3.05, 3.63) is 34.9 Å². The number of aliphatic hydroxyl groups is 1. The number of hydrogen-bond acceptors (Lipinski definition) is 2. The van der Waals surface area contributed by atoms with Crippen LogP contribution in [0.1, 0.15) is 43.1 Å². The highest BCUT2D eigenvalue weighted by Gasteiger charge is 2.32. The molecule has 1 N–H and O–H groups in total. The number of aliphatic hydroxyl groups excluding tert-OH is 1. The van der Waals surface area contributed by atoms with Gasteiger partial charge >= 0.3 is 0 Å². The van der Waals surface area contributed by atoms with Crippen molar-refractivity contribution in [1.82, 2.24) is 4.90 Å². The lowest BCUT2D eigenvalue weighted by molar-refractivity contribution is -0.129. The van der Waals surface area contributed by atoms with Crippen LogP contribution in [0.25, 0.3) is 0 Å². The first-order valence-corrected chi connectivity index (χ1v) is 7.41. The van der Waals surface area contributed by atoms with Gasteiger partial charge in [0.25, 0.3) is 0 Å². The van der Waals surface area contributed by atoms with E-state index in [0.29, 0.717) is 24.8 Å². The number of hydrogen-bond donors (Lipinski definition) is 1. The third kappa shape index (κ3) is 3.21. The van der Waals surface area contributed by atoms with E-state index in [9.17, 15) is 9.90 Å². The Balaban J connectivity index is 2.04. The second-order valence-corrected chi connectivity index (χ2v) is 6.38. The molecule has 0 radical (unpaired) electrons. The molecule has 1 amide bonds. The Morgan fingerprint density at radius 3 is 2.60 bits per heavy atom. The third-order valence-electron chi connectivity index (χ3n) is 4.36. The predicted molar refractivity (Wildman–Crippen MR) is 80.4 cm³/mol. The topological polar surface area (TPSA) is 40.5 Å². The minimum absolute atomic E-state index is 0.174. The molecular formula is C17H25NO2. The first kappa shape index (κ1) is 15.0. The molecule has 110 valence electrons. The Labute approximate surface area is 121 Å². The van der Waals surface area contributed by atoms with Crippen LogP contribution in [0.15, 0.2) is 18.2 Å². The summed E-state index contributed by atoms with van der Waals surface area (Å²) < 4.78 is 0. The van der Waals surface area contributed by atoms with E-state index in [1.807, 2.05) is 30.9 Å². The van der Waals surface area contributed by atoms with E-state index in [0.717, 1.165) is 17.7 Å². The van der Waals surface area contributed by atoms with Crippen molar-refractivity contribution in [2.45, 2.75) is 40.2 Å². The Kier molecular flexibility index (Phi) is 4.48. The van der Waals surface area contributed by atoms with Gasteiger partial charge in [-0.25, -0.2) is 0 Å². The Morgan fingerprint density at radius 2 is 2.05 bits per heavy atom. The normalized spacial score (nSPS) is 20.8. The van der Waals surface area contributed by atoms with Crippen LogP contribution in [0.3, 0.4) is 0 Å². The SMILES string of the molecule is Cc1ccc(C(O)CN2CC(C(C)C)CC2=O)c(C)c1. The highest BCUT2D eigenvalue weighted by molar-refractivity contribution is 5.78. The molecule has 2 atom stereocenters. The standard InChI is InChI=1S/C17H25NO2/c1-11(2)14-8-17(20)18(9-14)10-16(19)15-6-5-12(3)7-13(15)4/h5-7,11,14,16,19H,8-10H2,1-4H3. The summed E-state index contributed by atoms with van der Waals surface area (Å²) in [4.78, 5) is 13.8. The fourth-order valence-electron chi connectivity index (χ4n) is 2.93. The van der Waals surface area contributed by atoms with Crippen LogP contribution in [0.5, 0.6) is 0 Å². The number of β-amino-alcohol motifs (C(OH)–C–C–N with tert-alkyl or cyclic N) is 1. The van der Waals surface area contributed by atoms with Crippen molar-refractivity contribution in [3.63, 3.8) is 0 Å². The molecule has 3 nitrogen and oxygen atoms in total. The molecule has 0 saturated carbocycles. The minimum atomic E-state index is -0.592. The van der Waals surface area contributed by atoms with Crippen LogP contribution < -0.4 is 0 Å². The number of aryl methyl sites for hydroxylation is 2. The van der Waals surface area contributed by atoms with Gasteiger partial charge in [-0.3, -0.25) is 4.79 Å². The number of nitrogens with zero attached hydrogens (tertiary/aromatic N) is 1. The maximum absolute atomic E-state index is 12.0. The summed E-state index contributed by atoms with van der Waals surface area (Å²) >= 11 is 0. The van der Waals surface area contributed by atoms with Crippen molar-refractivity contribution in [1.29, 1.82) is 0 Å². The molecule has 0 aliphatic carbocycles. The highest BCUT2D eigenvalue weighted by Crippen LogP contribution is 2.27. The van der Waals surface area contributed by atoms with Gasteiger partial charge in [0.05, 0.1) is 12.6 Å². The van der Waals surface area contributed by atoms with E-state index in [-0.39, 0.29) is 5.91 Å². The summed E-state index contributed by atoms with van der Waals surface area (Å²) in [6.45, 7) is 9.54. The second kappa shape index (κ2) is 5.96. The summed E-state index contributed by atoms with van der Waals surface area (Å²) in [5.41, 5.74) is 3.21. The molecule has 0 spiro atoms. The quantitative estimate of drug-likeness (QED) is 0.918. The summed E-state index contributed by atoms with van der Waals surface area (Å²) in [6, 6.07) is 6.05. The van der Waals surface area contributed by atoms with Crippen molar-refractivity contribution in [3.8, 4) is 0 Å². The van der Waals surface area contributed by atoms with Crippen LogP contribution in [-0.4, -0.2) is 29.0 Å². The largest absolute Gasteiger partial charge is 0.387 e. The van der Waals surface area contributed by atoms with E-state index in [1.165, 1.54) is 5.56 Å². The average molecular weight is 275 g/mol. The summed E-state index contributed by atoms with van der Waals surface area (Å²) in [7, 11) is 0. The third-order valence-corrected chi connectivity index (χ3v) is 4.36. The van der Waals surface area contributed by atoms with E-state index in [2.05, 4.69) is 19.9 Å². The molecule has 0 bridgehead atoms. The lowest BCUT2D eigenvalue weighted by Gasteiger charge is -2.22. The van der Waals surface area contributed by atoms with Gasteiger partial charge in [0.1, 0.15) is 0 Å². The van der Waals surface area contributed by atoms with Gasteiger partial charge in [-0.15, -0.1) is 0 Å². The van der Waals surface area contributed by atoms with Gasteiger partial charge in [0.2, 0.25) is 5.91 Å². The Bertz CT molecular complexity index is 496. The monoisotopic (exact) mass is 275 g/mol. The van der Waals surface area contributed by atoms with Crippen LogP contribution in [0.2, 0.25) is 0 Å². The fraction of sp³-hybridized carbons (Fsp3) is 0.588. The van der Waals surface area contributed by atoms with Gasteiger partial charge in [0, 0.05) is 13.0 Å². The number of benzene rings is 1. The summed E-state index contributed by atoms with van der Waals surface area (Å²) in [5.74, 6) is 1.11. The molecule has 2 unspecified atom stereocenters. The minimum Gasteiger partial charge on any atom is -0.387 e. The van der Waals surface area contributed by atoms with Crippen LogP contribution >= 0.6 is 0 Å². The lowest BCUT2D eigenvalue weighted by Crippen LogP contribution is -2.30. The number of rotatable bonds is 4. The molecule has 2 rings (SSSR count). The molecule has 1 fully saturated rings. The molecule has 1 heterocycles. The van der Waals surface area contributed by atoms with E-state index >= 15 is 0 Å². The molecule has 20 heavy (non-hydrogen) atoms. The van der Waals surface area contributed by atoms with Crippen molar-refractivity contribution in [2.24, 2.45) is 11.8 Å². The first-order chi connectivity index (χ1) is 9.38. The zero-order valence-corrected chi connectivity index (χ0v) is 12.9. The molecule has 1 aliphatic heterocycles. The van der Waals surface area contributed by atoms with Gasteiger partial charge in [-0.05, 0) is 36.8 Å². The number of amides is 1. The maximum Gasteiger partial charge on any atom is 0.223 e. The van der Waals surface area contributed by atoms with Gasteiger partial charge in [-0.1, -0.05) is 37.6 Å². The molecule has 0 aromatic heterocycles.